The normalized spacial score (nSPS) is 28.1. The van der Waals surface area contributed by atoms with Crippen molar-refractivity contribution in [1.82, 2.24) is 5.32 Å². The summed E-state index contributed by atoms with van der Waals surface area (Å²) in [7, 11) is 0. The molecule has 2 bridgehead atoms. The first-order valence-electron chi connectivity index (χ1n) is 7.94. The second-order valence-corrected chi connectivity index (χ2v) is 6.63. The van der Waals surface area contributed by atoms with Gasteiger partial charge in [0.2, 0.25) is 0 Å². The molecule has 2 aliphatic rings. The van der Waals surface area contributed by atoms with E-state index in [2.05, 4.69) is 18.3 Å². The standard InChI is InChI=1S/C18H22N2O/c1-12(17-11-14-4-7-16(17)10-14)20-18(21)15-5-2-13(3-6-15)8-9-19/h2-3,5-6,12,14,16-17H,4,7-8,10-11H2,1H3,(H,20,21). The number of hydrogen-bond donors (Lipinski definition) is 1. The highest BCUT2D eigenvalue weighted by Crippen LogP contribution is 2.49. The Hall–Kier alpha value is -1.82. The van der Waals surface area contributed by atoms with Crippen LogP contribution in [0.2, 0.25) is 0 Å². The van der Waals surface area contributed by atoms with Gasteiger partial charge in [0.25, 0.3) is 5.91 Å². The number of carbonyl (C=O) groups excluding carboxylic acids is 1. The Kier molecular flexibility index (Phi) is 3.96. The van der Waals surface area contributed by atoms with Crippen LogP contribution in [0.15, 0.2) is 24.3 Å². The van der Waals surface area contributed by atoms with Crippen LogP contribution in [-0.2, 0) is 6.42 Å². The van der Waals surface area contributed by atoms with Crippen LogP contribution in [0.4, 0.5) is 0 Å². The summed E-state index contributed by atoms with van der Waals surface area (Å²) in [6.07, 6.45) is 5.78. The predicted octanol–water partition coefficient (Wildman–Crippen LogP) is 3.31. The highest BCUT2D eigenvalue weighted by Gasteiger charge is 2.42. The van der Waals surface area contributed by atoms with E-state index in [1.165, 1.54) is 25.7 Å². The molecule has 2 aliphatic carbocycles. The fourth-order valence-electron chi connectivity index (χ4n) is 4.17. The monoisotopic (exact) mass is 282 g/mol. The Morgan fingerprint density at radius 1 is 1.33 bits per heavy atom. The number of carbonyl (C=O) groups is 1. The van der Waals surface area contributed by atoms with Crippen molar-refractivity contribution < 1.29 is 4.79 Å². The minimum absolute atomic E-state index is 0.00813. The molecule has 2 fully saturated rings. The molecule has 0 radical (unpaired) electrons. The minimum Gasteiger partial charge on any atom is -0.349 e. The summed E-state index contributed by atoms with van der Waals surface area (Å²) in [5.74, 6) is 2.40. The van der Waals surface area contributed by atoms with Crippen molar-refractivity contribution in [3.8, 4) is 6.07 Å². The summed E-state index contributed by atoms with van der Waals surface area (Å²) in [5, 5.41) is 11.8. The largest absolute Gasteiger partial charge is 0.349 e. The predicted molar refractivity (Wildman–Crippen MR) is 81.6 cm³/mol. The third-order valence-electron chi connectivity index (χ3n) is 5.29. The number of fused-ring (bicyclic) bond motifs is 2. The van der Waals surface area contributed by atoms with Gasteiger partial charge in [-0.2, -0.15) is 5.26 Å². The van der Waals surface area contributed by atoms with Crippen LogP contribution in [-0.4, -0.2) is 11.9 Å². The van der Waals surface area contributed by atoms with Crippen LogP contribution in [0.1, 0.15) is 48.5 Å². The number of nitriles is 1. The molecule has 1 N–H and O–H groups in total. The Morgan fingerprint density at radius 2 is 2.10 bits per heavy atom. The average molecular weight is 282 g/mol. The number of nitrogens with one attached hydrogen (secondary N) is 1. The van der Waals surface area contributed by atoms with E-state index in [9.17, 15) is 4.79 Å². The molecule has 110 valence electrons. The Balaban J connectivity index is 1.59. The minimum atomic E-state index is 0.00813. The SMILES string of the molecule is CC(NC(=O)c1ccc(CC#N)cc1)C1CC2CCC1C2. The molecule has 4 atom stereocenters. The van der Waals surface area contributed by atoms with Crippen LogP contribution in [0, 0.1) is 29.1 Å². The maximum absolute atomic E-state index is 12.3. The Morgan fingerprint density at radius 3 is 2.67 bits per heavy atom. The first-order valence-corrected chi connectivity index (χ1v) is 7.94. The summed E-state index contributed by atoms with van der Waals surface area (Å²) >= 11 is 0. The molecule has 0 aromatic heterocycles. The van der Waals surface area contributed by atoms with Crippen LogP contribution in [0.25, 0.3) is 0 Å². The van der Waals surface area contributed by atoms with E-state index in [4.69, 9.17) is 5.26 Å². The molecule has 2 saturated carbocycles. The summed E-state index contributed by atoms with van der Waals surface area (Å²) in [6.45, 7) is 2.15. The lowest BCUT2D eigenvalue weighted by atomic mass is 9.84. The fourth-order valence-corrected chi connectivity index (χ4v) is 4.17. The molecule has 1 aromatic carbocycles. The molecule has 3 rings (SSSR count). The first kappa shape index (κ1) is 14.1. The van der Waals surface area contributed by atoms with Crippen molar-refractivity contribution in [3.05, 3.63) is 35.4 Å². The van der Waals surface area contributed by atoms with Gasteiger partial charge >= 0.3 is 0 Å². The molecular formula is C18H22N2O. The summed E-state index contributed by atoms with van der Waals surface area (Å²) in [6, 6.07) is 9.73. The number of hydrogen-bond acceptors (Lipinski definition) is 2. The maximum atomic E-state index is 12.3. The molecule has 1 amide bonds. The van der Waals surface area contributed by atoms with Gasteiger partial charge in [0.1, 0.15) is 0 Å². The Labute approximate surface area is 126 Å². The average Bonchev–Trinajstić information content (AvgIpc) is 3.11. The zero-order valence-corrected chi connectivity index (χ0v) is 12.5. The third kappa shape index (κ3) is 2.95. The van der Waals surface area contributed by atoms with E-state index < -0.39 is 0 Å². The molecule has 0 heterocycles. The molecule has 0 aliphatic heterocycles. The molecule has 1 aromatic rings. The molecule has 4 unspecified atom stereocenters. The van der Waals surface area contributed by atoms with Crippen molar-refractivity contribution in [2.75, 3.05) is 0 Å². The summed E-state index contributed by atoms with van der Waals surface area (Å²) in [5.41, 5.74) is 1.64. The molecule has 3 nitrogen and oxygen atoms in total. The van der Waals surface area contributed by atoms with Crippen molar-refractivity contribution in [3.63, 3.8) is 0 Å². The molecule has 21 heavy (non-hydrogen) atoms. The quantitative estimate of drug-likeness (QED) is 0.921. The van der Waals surface area contributed by atoms with Crippen molar-refractivity contribution in [2.24, 2.45) is 17.8 Å². The van der Waals surface area contributed by atoms with Gasteiger partial charge in [-0.3, -0.25) is 4.79 Å². The van der Waals surface area contributed by atoms with Crippen molar-refractivity contribution >= 4 is 5.91 Å². The number of benzene rings is 1. The van der Waals surface area contributed by atoms with Gasteiger partial charge < -0.3 is 5.32 Å². The van der Waals surface area contributed by atoms with Crippen LogP contribution in [0.5, 0.6) is 0 Å². The van der Waals surface area contributed by atoms with Crippen LogP contribution >= 0.6 is 0 Å². The van der Waals surface area contributed by atoms with Crippen LogP contribution in [0.3, 0.4) is 0 Å². The third-order valence-corrected chi connectivity index (χ3v) is 5.29. The molecule has 0 saturated heterocycles. The van der Waals surface area contributed by atoms with Gasteiger partial charge in [-0.05, 0) is 61.6 Å². The van der Waals surface area contributed by atoms with Crippen molar-refractivity contribution in [1.29, 1.82) is 5.26 Å². The zero-order valence-electron chi connectivity index (χ0n) is 12.5. The zero-order chi connectivity index (χ0) is 14.8. The second kappa shape index (κ2) is 5.89. The summed E-state index contributed by atoms with van der Waals surface area (Å²) in [4.78, 5) is 12.3. The lowest BCUT2D eigenvalue weighted by Crippen LogP contribution is -2.40. The second-order valence-electron chi connectivity index (χ2n) is 6.63. The van der Waals surface area contributed by atoms with Gasteiger partial charge in [-0.1, -0.05) is 18.6 Å². The van der Waals surface area contributed by atoms with Gasteiger partial charge in [0, 0.05) is 11.6 Å². The Bertz CT molecular complexity index is 558. The molecule has 3 heteroatoms. The van der Waals surface area contributed by atoms with Crippen molar-refractivity contribution in [2.45, 2.75) is 45.1 Å². The first-order chi connectivity index (χ1) is 10.2. The van der Waals surface area contributed by atoms with Gasteiger partial charge in [0.15, 0.2) is 0 Å². The van der Waals surface area contributed by atoms with E-state index in [0.29, 0.717) is 17.9 Å². The number of amides is 1. The maximum Gasteiger partial charge on any atom is 0.251 e. The lowest BCUT2D eigenvalue weighted by molar-refractivity contribution is 0.0915. The van der Waals surface area contributed by atoms with E-state index in [-0.39, 0.29) is 11.9 Å². The van der Waals surface area contributed by atoms with E-state index in [0.717, 1.165) is 17.4 Å². The summed E-state index contributed by atoms with van der Waals surface area (Å²) < 4.78 is 0. The van der Waals surface area contributed by atoms with Crippen LogP contribution < -0.4 is 5.32 Å². The topological polar surface area (TPSA) is 52.9 Å². The highest BCUT2D eigenvalue weighted by atomic mass is 16.1. The molecule has 0 spiro atoms. The van der Waals surface area contributed by atoms with Gasteiger partial charge in [0.05, 0.1) is 12.5 Å². The number of nitrogens with zero attached hydrogens (tertiary/aromatic N) is 1. The van der Waals surface area contributed by atoms with Gasteiger partial charge in [-0.15, -0.1) is 0 Å². The highest BCUT2D eigenvalue weighted by molar-refractivity contribution is 5.94. The van der Waals surface area contributed by atoms with E-state index in [1.54, 1.807) is 0 Å². The molecular weight excluding hydrogens is 260 g/mol. The van der Waals surface area contributed by atoms with Gasteiger partial charge in [-0.25, -0.2) is 0 Å². The number of rotatable bonds is 4. The lowest BCUT2D eigenvalue weighted by Gasteiger charge is -2.28. The van der Waals surface area contributed by atoms with E-state index >= 15 is 0 Å². The van der Waals surface area contributed by atoms with E-state index in [1.807, 2.05) is 24.3 Å². The smallest absolute Gasteiger partial charge is 0.251 e. The fraction of sp³-hybridized carbons (Fsp3) is 0.556.